The Morgan fingerprint density at radius 2 is 1.50 bits per heavy atom. The summed E-state index contributed by atoms with van der Waals surface area (Å²) in [6.45, 7) is 3.91. The lowest BCUT2D eigenvalue weighted by Gasteiger charge is -2.38. The molecule has 7 nitrogen and oxygen atoms in total. The minimum Gasteiger partial charge on any atom is -0.335 e. The van der Waals surface area contributed by atoms with Crippen LogP contribution in [0.1, 0.15) is 29.6 Å². The number of para-hydroxylation sites is 1. The van der Waals surface area contributed by atoms with E-state index in [0.29, 0.717) is 31.7 Å². The molecule has 2 aliphatic rings. The van der Waals surface area contributed by atoms with Gasteiger partial charge in [-0.2, -0.15) is 0 Å². The fourth-order valence-electron chi connectivity index (χ4n) is 4.57. The fourth-order valence-corrected chi connectivity index (χ4v) is 4.57. The van der Waals surface area contributed by atoms with Crippen molar-refractivity contribution in [2.24, 2.45) is 0 Å². The third kappa shape index (κ3) is 4.02. The lowest BCUT2D eigenvalue weighted by molar-refractivity contribution is 0.0635. The fraction of sp³-hybridized carbons (Fsp3) is 0.360. The highest BCUT2D eigenvalue weighted by Gasteiger charge is 2.29. The van der Waals surface area contributed by atoms with E-state index in [-0.39, 0.29) is 11.9 Å². The normalized spacial score (nSPS) is 16.9. The topological polar surface area (TPSA) is 69.6 Å². The van der Waals surface area contributed by atoms with E-state index in [9.17, 15) is 9.59 Å². The average molecular weight is 430 g/mol. The van der Waals surface area contributed by atoms with Crippen molar-refractivity contribution in [1.82, 2.24) is 24.7 Å². The molecule has 0 unspecified atom stereocenters. The number of likely N-dealkylation sites (tertiary alicyclic amines) is 1. The van der Waals surface area contributed by atoms with Crippen LogP contribution < -0.4 is 0 Å². The minimum absolute atomic E-state index is 0.0150. The molecule has 2 aliphatic heterocycles. The molecule has 3 amide bonds. The summed E-state index contributed by atoms with van der Waals surface area (Å²) in [7, 11) is 0. The molecule has 32 heavy (non-hydrogen) atoms. The van der Waals surface area contributed by atoms with Gasteiger partial charge in [-0.3, -0.25) is 9.78 Å². The highest BCUT2D eigenvalue weighted by molar-refractivity contribution is 6.07. The molecule has 1 aromatic carbocycles. The van der Waals surface area contributed by atoms with E-state index in [1.54, 1.807) is 12.4 Å². The number of amides is 3. The number of fused-ring (bicyclic) bond motifs is 1. The van der Waals surface area contributed by atoms with Crippen LogP contribution in [0, 0.1) is 0 Å². The zero-order valence-corrected chi connectivity index (χ0v) is 18.1. The first-order valence-corrected chi connectivity index (χ1v) is 11.3. The van der Waals surface area contributed by atoms with Crippen LogP contribution in [0.15, 0.2) is 54.9 Å². The van der Waals surface area contributed by atoms with Crippen molar-refractivity contribution in [1.29, 1.82) is 0 Å². The molecule has 0 N–H and O–H groups in total. The maximum Gasteiger partial charge on any atom is 0.320 e. The Morgan fingerprint density at radius 1 is 0.781 bits per heavy atom. The Hall–Kier alpha value is -3.48. The molecule has 4 heterocycles. The Kier molecular flexibility index (Phi) is 5.71. The van der Waals surface area contributed by atoms with Crippen LogP contribution in [0.4, 0.5) is 4.79 Å². The van der Waals surface area contributed by atoms with E-state index in [4.69, 9.17) is 4.98 Å². The maximum absolute atomic E-state index is 13.5. The molecule has 164 valence electrons. The van der Waals surface area contributed by atoms with Crippen LogP contribution in [-0.2, 0) is 0 Å². The summed E-state index contributed by atoms with van der Waals surface area (Å²) in [5.74, 6) is -0.0150. The molecule has 0 aliphatic carbocycles. The third-order valence-electron chi connectivity index (χ3n) is 6.37. The number of carbonyl (C=O) groups excluding carboxylic acids is 2. The number of urea groups is 1. The zero-order valence-electron chi connectivity index (χ0n) is 18.1. The van der Waals surface area contributed by atoms with Gasteiger partial charge in [0.25, 0.3) is 5.91 Å². The van der Waals surface area contributed by atoms with Crippen molar-refractivity contribution in [3.8, 4) is 11.3 Å². The molecule has 0 radical (unpaired) electrons. The molecular weight excluding hydrogens is 402 g/mol. The van der Waals surface area contributed by atoms with E-state index in [1.165, 1.54) is 6.42 Å². The summed E-state index contributed by atoms with van der Waals surface area (Å²) < 4.78 is 0. The maximum atomic E-state index is 13.5. The van der Waals surface area contributed by atoms with Crippen molar-refractivity contribution in [3.05, 3.63) is 60.4 Å². The standard InChI is InChI=1S/C25H27N5O2/c31-24(28-13-15-30(16-14-28)25(32)29-11-4-1-5-12-29)21-17-23(19-7-6-10-26-18-19)27-22-9-3-2-8-20(21)22/h2-3,6-10,17-18H,1,4-5,11-16H2. The summed E-state index contributed by atoms with van der Waals surface area (Å²) >= 11 is 0. The molecular formula is C25H27N5O2. The highest BCUT2D eigenvalue weighted by atomic mass is 16.2. The predicted octanol–water partition coefficient (Wildman–Crippen LogP) is 3.66. The molecule has 0 saturated carbocycles. The highest BCUT2D eigenvalue weighted by Crippen LogP contribution is 2.26. The summed E-state index contributed by atoms with van der Waals surface area (Å²) in [4.78, 5) is 41.0. The van der Waals surface area contributed by atoms with E-state index >= 15 is 0 Å². The van der Waals surface area contributed by atoms with Crippen LogP contribution in [-0.4, -0.2) is 75.9 Å². The van der Waals surface area contributed by atoms with E-state index < -0.39 is 0 Å². The third-order valence-corrected chi connectivity index (χ3v) is 6.37. The van der Waals surface area contributed by atoms with E-state index in [1.807, 2.05) is 57.2 Å². The van der Waals surface area contributed by atoms with Gasteiger partial charge in [0.2, 0.25) is 0 Å². The first-order valence-electron chi connectivity index (χ1n) is 11.3. The molecule has 0 atom stereocenters. The Labute approximate surface area is 187 Å². The number of hydrogen-bond acceptors (Lipinski definition) is 4. The van der Waals surface area contributed by atoms with Crippen LogP contribution >= 0.6 is 0 Å². The summed E-state index contributed by atoms with van der Waals surface area (Å²) in [6.07, 6.45) is 6.85. The Bertz CT molecular complexity index is 1120. The van der Waals surface area contributed by atoms with Crippen molar-refractivity contribution in [2.45, 2.75) is 19.3 Å². The Morgan fingerprint density at radius 3 is 2.25 bits per heavy atom. The smallest absolute Gasteiger partial charge is 0.320 e. The number of rotatable bonds is 2. The lowest BCUT2D eigenvalue weighted by atomic mass is 10.0. The predicted molar refractivity (Wildman–Crippen MR) is 123 cm³/mol. The summed E-state index contributed by atoms with van der Waals surface area (Å²) in [5.41, 5.74) is 3.05. The van der Waals surface area contributed by atoms with Crippen LogP contribution in [0.3, 0.4) is 0 Å². The van der Waals surface area contributed by atoms with Gasteiger partial charge in [0, 0.05) is 62.6 Å². The summed E-state index contributed by atoms with van der Waals surface area (Å²) in [5, 5.41) is 0.844. The largest absolute Gasteiger partial charge is 0.335 e. The van der Waals surface area contributed by atoms with E-state index in [2.05, 4.69) is 4.98 Å². The molecule has 5 rings (SSSR count). The average Bonchev–Trinajstić information content (AvgIpc) is 2.88. The number of piperazine rings is 1. The second kappa shape index (κ2) is 8.94. The first-order chi connectivity index (χ1) is 15.7. The van der Waals surface area contributed by atoms with Crippen LogP contribution in [0.2, 0.25) is 0 Å². The van der Waals surface area contributed by atoms with Gasteiger partial charge in [0.05, 0.1) is 16.8 Å². The number of hydrogen-bond donors (Lipinski definition) is 0. The van der Waals surface area contributed by atoms with Gasteiger partial charge < -0.3 is 14.7 Å². The van der Waals surface area contributed by atoms with Gasteiger partial charge >= 0.3 is 6.03 Å². The number of pyridine rings is 2. The SMILES string of the molecule is O=C(c1cc(-c2cccnc2)nc2ccccc12)N1CCN(C(=O)N2CCCCC2)CC1. The van der Waals surface area contributed by atoms with Crippen LogP contribution in [0.25, 0.3) is 22.2 Å². The van der Waals surface area contributed by atoms with E-state index in [0.717, 1.165) is 48.1 Å². The minimum atomic E-state index is -0.0150. The van der Waals surface area contributed by atoms with Gasteiger partial charge in [-0.25, -0.2) is 9.78 Å². The monoisotopic (exact) mass is 429 g/mol. The molecule has 2 aromatic heterocycles. The number of carbonyl (C=O) groups is 2. The number of benzene rings is 1. The van der Waals surface area contributed by atoms with Crippen LogP contribution in [0.5, 0.6) is 0 Å². The van der Waals surface area contributed by atoms with Crippen molar-refractivity contribution >= 4 is 22.8 Å². The molecule has 2 saturated heterocycles. The number of piperidine rings is 1. The summed E-state index contributed by atoms with van der Waals surface area (Å²) in [6, 6.07) is 13.5. The van der Waals surface area contributed by atoms with Gasteiger partial charge in [0.1, 0.15) is 0 Å². The van der Waals surface area contributed by atoms with Gasteiger partial charge in [-0.05, 0) is 43.5 Å². The zero-order chi connectivity index (χ0) is 21.9. The quantitative estimate of drug-likeness (QED) is 0.623. The second-order valence-electron chi connectivity index (χ2n) is 8.42. The number of aromatic nitrogens is 2. The molecule has 3 aromatic rings. The lowest BCUT2D eigenvalue weighted by Crippen LogP contribution is -2.54. The number of nitrogens with zero attached hydrogens (tertiary/aromatic N) is 5. The second-order valence-corrected chi connectivity index (χ2v) is 8.42. The first kappa shape index (κ1) is 20.4. The van der Waals surface area contributed by atoms with Gasteiger partial charge in [0.15, 0.2) is 0 Å². The van der Waals surface area contributed by atoms with Crippen molar-refractivity contribution in [2.75, 3.05) is 39.3 Å². The molecule has 7 heteroatoms. The van der Waals surface area contributed by atoms with Gasteiger partial charge in [-0.15, -0.1) is 0 Å². The molecule has 2 fully saturated rings. The Balaban J connectivity index is 1.36. The van der Waals surface area contributed by atoms with Gasteiger partial charge in [-0.1, -0.05) is 18.2 Å². The molecule has 0 spiro atoms. The van der Waals surface area contributed by atoms with Crippen molar-refractivity contribution < 1.29 is 9.59 Å². The van der Waals surface area contributed by atoms with Crippen molar-refractivity contribution in [3.63, 3.8) is 0 Å². The molecule has 0 bridgehead atoms.